The molecule has 0 aliphatic heterocycles. The van der Waals surface area contributed by atoms with Crippen LogP contribution in [-0.4, -0.2) is 23.3 Å². The lowest BCUT2D eigenvalue weighted by atomic mass is 9.96. The monoisotopic (exact) mass is 357 g/mol. The molecule has 0 saturated heterocycles. The Bertz CT molecular complexity index is 944. The minimum Gasteiger partial charge on any atom is -0.497 e. The van der Waals surface area contributed by atoms with Crippen LogP contribution < -0.4 is 15.7 Å². The molecule has 0 amide bonds. The van der Waals surface area contributed by atoms with Gasteiger partial charge >= 0.3 is 5.63 Å². The summed E-state index contributed by atoms with van der Waals surface area (Å²) in [7, 11) is 1.58. The van der Waals surface area contributed by atoms with Crippen LogP contribution in [0.3, 0.4) is 0 Å². The van der Waals surface area contributed by atoms with E-state index in [2.05, 4.69) is 15.5 Å². The molecule has 0 spiro atoms. The summed E-state index contributed by atoms with van der Waals surface area (Å²) in [6.07, 6.45) is 6.13. The molecule has 130 valence electrons. The average Bonchev–Trinajstić information content (AvgIpc) is 3.09. The van der Waals surface area contributed by atoms with Gasteiger partial charge in [0.15, 0.2) is 5.01 Å². The Morgan fingerprint density at radius 3 is 2.84 bits per heavy atom. The lowest BCUT2D eigenvalue weighted by Crippen LogP contribution is -2.21. The van der Waals surface area contributed by atoms with Crippen LogP contribution in [0, 0.1) is 0 Å². The smallest absolute Gasteiger partial charge is 0.346 e. The highest BCUT2D eigenvalue weighted by atomic mass is 32.1. The van der Waals surface area contributed by atoms with E-state index in [1.165, 1.54) is 30.6 Å². The van der Waals surface area contributed by atoms with Gasteiger partial charge in [-0.05, 0) is 31.0 Å². The number of nitrogens with one attached hydrogen (secondary N) is 1. The van der Waals surface area contributed by atoms with Crippen molar-refractivity contribution in [2.24, 2.45) is 0 Å². The fourth-order valence-corrected chi connectivity index (χ4v) is 4.00. The van der Waals surface area contributed by atoms with E-state index >= 15 is 0 Å². The van der Waals surface area contributed by atoms with Crippen LogP contribution >= 0.6 is 11.3 Å². The summed E-state index contributed by atoms with van der Waals surface area (Å²) in [5, 5.41) is 14.0. The molecule has 0 radical (unpaired) electrons. The number of nitrogens with zero attached hydrogens (tertiary/aromatic N) is 2. The van der Waals surface area contributed by atoms with E-state index in [4.69, 9.17) is 9.15 Å². The van der Waals surface area contributed by atoms with Crippen LogP contribution in [0.1, 0.15) is 32.1 Å². The van der Waals surface area contributed by atoms with E-state index in [1.807, 2.05) is 12.1 Å². The number of rotatable bonds is 4. The quantitative estimate of drug-likeness (QED) is 0.710. The fraction of sp³-hybridized carbons (Fsp3) is 0.389. The molecule has 3 aromatic rings. The maximum Gasteiger partial charge on any atom is 0.346 e. The molecule has 0 bridgehead atoms. The Kier molecular flexibility index (Phi) is 4.40. The first-order chi connectivity index (χ1) is 12.2. The second-order valence-corrected chi connectivity index (χ2v) is 7.22. The highest BCUT2D eigenvalue weighted by Crippen LogP contribution is 2.29. The van der Waals surface area contributed by atoms with Crippen LogP contribution in [0.5, 0.6) is 5.75 Å². The van der Waals surface area contributed by atoms with E-state index in [9.17, 15) is 4.79 Å². The van der Waals surface area contributed by atoms with Gasteiger partial charge in [-0.3, -0.25) is 0 Å². The van der Waals surface area contributed by atoms with E-state index < -0.39 is 5.63 Å². The summed E-state index contributed by atoms with van der Waals surface area (Å²) in [5.74, 6) is 0.651. The van der Waals surface area contributed by atoms with Crippen LogP contribution in [-0.2, 0) is 0 Å². The fourth-order valence-electron chi connectivity index (χ4n) is 3.18. The second-order valence-electron chi connectivity index (χ2n) is 6.24. The zero-order chi connectivity index (χ0) is 17.2. The van der Waals surface area contributed by atoms with Gasteiger partial charge in [0, 0.05) is 17.5 Å². The minimum absolute atomic E-state index is 0.416. The lowest BCUT2D eigenvalue weighted by molar-refractivity contribution is 0.414. The number of benzene rings is 1. The summed E-state index contributed by atoms with van der Waals surface area (Å²) in [4.78, 5) is 12.3. The van der Waals surface area contributed by atoms with E-state index in [0.717, 1.165) is 23.4 Å². The molecule has 25 heavy (non-hydrogen) atoms. The van der Waals surface area contributed by atoms with E-state index in [-0.39, 0.29) is 0 Å². The summed E-state index contributed by atoms with van der Waals surface area (Å²) < 4.78 is 10.6. The number of methoxy groups -OCH3 is 1. The Morgan fingerprint density at radius 2 is 2.04 bits per heavy atom. The Morgan fingerprint density at radius 1 is 1.20 bits per heavy atom. The van der Waals surface area contributed by atoms with Gasteiger partial charge in [0.1, 0.15) is 11.3 Å². The van der Waals surface area contributed by atoms with Crippen molar-refractivity contribution in [1.82, 2.24) is 10.2 Å². The highest BCUT2D eigenvalue weighted by Gasteiger charge is 2.17. The number of hydrogen-bond acceptors (Lipinski definition) is 7. The van der Waals surface area contributed by atoms with Gasteiger partial charge in [0.05, 0.1) is 12.7 Å². The molecule has 6 nitrogen and oxygen atoms in total. The first kappa shape index (κ1) is 16.1. The van der Waals surface area contributed by atoms with Gasteiger partial charge in [0.2, 0.25) is 5.13 Å². The maximum absolute atomic E-state index is 12.3. The molecule has 1 saturated carbocycles. The first-order valence-electron chi connectivity index (χ1n) is 8.45. The normalized spacial score (nSPS) is 15.4. The van der Waals surface area contributed by atoms with Crippen molar-refractivity contribution in [3.05, 3.63) is 34.7 Å². The summed E-state index contributed by atoms with van der Waals surface area (Å²) in [6, 6.07) is 7.66. The first-order valence-corrected chi connectivity index (χ1v) is 9.27. The van der Waals surface area contributed by atoms with Crippen LogP contribution in [0.25, 0.3) is 21.5 Å². The zero-order valence-electron chi connectivity index (χ0n) is 13.9. The second kappa shape index (κ2) is 6.84. The Hall–Kier alpha value is -2.41. The van der Waals surface area contributed by atoms with Gasteiger partial charge in [0.25, 0.3) is 0 Å². The minimum atomic E-state index is -0.416. The average molecular weight is 357 g/mol. The molecule has 1 aliphatic carbocycles. The van der Waals surface area contributed by atoms with Crippen LogP contribution in [0.15, 0.2) is 33.5 Å². The SMILES string of the molecule is COc1ccc2cc(-c3nnc(NC4CCCCC4)s3)c(=O)oc2c1. The van der Waals surface area contributed by atoms with Crippen molar-refractivity contribution in [2.75, 3.05) is 12.4 Å². The molecule has 1 N–H and O–H groups in total. The van der Waals surface area contributed by atoms with Gasteiger partial charge in [-0.1, -0.05) is 30.6 Å². The van der Waals surface area contributed by atoms with Gasteiger partial charge in [-0.25, -0.2) is 4.79 Å². The van der Waals surface area contributed by atoms with Crippen molar-refractivity contribution in [3.8, 4) is 16.3 Å². The summed E-state index contributed by atoms with van der Waals surface area (Å²) >= 11 is 1.39. The number of hydrogen-bond donors (Lipinski definition) is 1. The van der Waals surface area contributed by atoms with Crippen molar-refractivity contribution >= 4 is 27.4 Å². The molecule has 1 aliphatic rings. The molecule has 1 aromatic carbocycles. The van der Waals surface area contributed by atoms with Gasteiger partial charge in [-0.2, -0.15) is 0 Å². The van der Waals surface area contributed by atoms with Crippen molar-refractivity contribution in [3.63, 3.8) is 0 Å². The summed E-state index contributed by atoms with van der Waals surface area (Å²) in [5.41, 5.74) is 0.520. The third-order valence-electron chi connectivity index (χ3n) is 4.53. The lowest BCUT2D eigenvalue weighted by Gasteiger charge is -2.21. The van der Waals surface area contributed by atoms with Crippen LogP contribution in [0.4, 0.5) is 5.13 Å². The number of aromatic nitrogens is 2. The topological polar surface area (TPSA) is 77.3 Å². The molecular weight excluding hydrogens is 338 g/mol. The highest BCUT2D eigenvalue weighted by molar-refractivity contribution is 7.18. The van der Waals surface area contributed by atoms with E-state index in [1.54, 1.807) is 19.2 Å². The van der Waals surface area contributed by atoms with Gasteiger partial charge in [-0.15, -0.1) is 10.2 Å². The molecular formula is C18H19N3O3S. The standard InChI is InChI=1S/C18H19N3O3S/c1-23-13-8-7-11-9-14(17(22)24-15(11)10-13)16-20-21-18(25-16)19-12-5-3-2-4-6-12/h7-10,12H,2-6H2,1H3,(H,19,21). The van der Waals surface area contributed by atoms with Crippen molar-refractivity contribution in [2.45, 2.75) is 38.1 Å². The largest absolute Gasteiger partial charge is 0.497 e. The molecule has 0 atom stereocenters. The van der Waals surface area contributed by atoms with Crippen molar-refractivity contribution < 1.29 is 9.15 Å². The van der Waals surface area contributed by atoms with E-state index in [0.29, 0.717) is 27.9 Å². The molecule has 7 heteroatoms. The Balaban J connectivity index is 1.63. The molecule has 4 rings (SSSR count). The molecule has 1 fully saturated rings. The summed E-state index contributed by atoms with van der Waals surface area (Å²) in [6.45, 7) is 0. The molecule has 0 unspecified atom stereocenters. The number of fused-ring (bicyclic) bond motifs is 1. The number of anilines is 1. The predicted molar refractivity (Wildman–Crippen MR) is 98.4 cm³/mol. The zero-order valence-corrected chi connectivity index (χ0v) is 14.8. The molecule has 2 heterocycles. The molecule has 2 aromatic heterocycles. The third kappa shape index (κ3) is 3.37. The maximum atomic E-state index is 12.3. The predicted octanol–water partition coefficient (Wildman–Crippen LogP) is 4.06. The van der Waals surface area contributed by atoms with Crippen molar-refractivity contribution in [1.29, 1.82) is 0 Å². The number of ether oxygens (including phenoxy) is 1. The third-order valence-corrected chi connectivity index (χ3v) is 5.42. The van der Waals surface area contributed by atoms with Crippen LogP contribution in [0.2, 0.25) is 0 Å². The Labute approximate surface area is 148 Å². The van der Waals surface area contributed by atoms with Gasteiger partial charge < -0.3 is 14.5 Å².